The van der Waals surface area contributed by atoms with Gasteiger partial charge in [-0.1, -0.05) is 18.2 Å². The van der Waals surface area contributed by atoms with Gasteiger partial charge in [0.25, 0.3) is 0 Å². The minimum Gasteiger partial charge on any atom is -0.508 e. The molecule has 0 radical (unpaired) electrons. The quantitative estimate of drug-likeness (QED) is 0.829. The van der Waals surface area contributed by atoms with E-state index in [-0.39, 0.29) is 11.8 Å². The first-order valence-corrected chi connectivity index (χ1v) is 8.19. The van der Waals surface area contributed by atoms with Crippen LogP contribution in [0.4, 0.5) is 4.79 Å². The van der Waals surface area contributed by atoms with Gasteiger partial charge in [0.05, 0.1) is 6.33 Å². The van der Waals surface area contributed by atoms with Crippen molar-refractivity contribution < 1.29 is 9.90 Å². The maximum absolute atomic E-state index is 12.2. The molecule has 0 fully saturated rings. The molecule has 2 amide bonds. The van der Waals surface area contributed by atoms with Crippen LogP contribution in [0, 0.1) is 0 Å². The second-order valence-electron chi connectivity index (χ2n) is 5.86. The second-order valence-corrected chi connectivity index (χ2v) is 5.86. The third-order valence-corrected chi connectivity index (χ3v) is 4.16. The molecule has 1 aromatic heterocycles. The van der Waals surface area contributed by atoms with E-state index in [9.17, 15) is 9.90 Å². The maximum Gasteiger partial charge on any atom is 0.317 e. The molecule has 0 aliphatic carbocycles. The van der Waals surface area contributed by atoms with Crippen molar-refractivity contribution in [3.05, 3.63) is 54.6 Å². The van der Waals surface area contributed by atoms with E-state index in [0.717, 1.165) is 24.9 Å². The van der Waals surface area contributed by atoms with Crippen LogP contribution < -0.4 is 5.32 Å². The predicted octanol–water partition coefficient (Wildman–Crippen LogP) is 2.48. The summed E-state index contributed by atoms with van der Waals surface area (Å²) in [6.45, 7) is 2.83. The summed E-state index contributed by atoms with van der Waals surface area (Å²) in [5.74, 6) is 0.270. The molecular formula is C18H22N4O2. The van der Waals surface area contributed by atoms with Gasteiger partial charge in [-0.3, -0.25) is 0 Å². The highest BCUT2D eigenvalue weighted by Crippen LogP contribution is 2.23. The fourth-order valence-electron chi connectivity index (χ4n) is 2.78. The number of nitrogens with zero attached hydrogens (tertiary/aromatic N) is 3. The number of aromatic nitrogens is 2. The molecule has 2 heterocycles. The molecule has 0 saturated carbocycles. The average Bonchev–Trinajstić information content (AvgIpc) is 3.13. The Morgan fingerprint density at radius 1 is 1.29 bits per heavy atom. The molecule has 6 heteroatoms. The molecule has 0 atom stereocenters. The minimum absolute atomic E-state index is 0.0124. The van der Waals surface area contributed by atoms with E-state index >= 15 is 0 Å². The Bertz CT molecular complexity index is 692. The van der Waals surface area contributed by atoms with Gasteiger partial charge in [-0.05, 0) is 36.1 Å². The van der Waals surface area contributed by atoms with Crippen LogP contribution in [0.15, 0.2) is 49.1 Å². The van der Waals surface area contributed by atoms with Crippen molar-refractivity contribution in [2.45, 2.75) is 19.4 Å². The first kappa shape index (κ1) is 16.1. The molecule has 0 saturated heterocycles. The van der Waals surface area contributed by atoms with Crippen LogP contribution in [0.2, 0.25) is 0 Å². The number of carbonyl (C=O) groups excluding carboxylic acids is 1. The highest BCUT2D eigenvalue weighted by atomic mass is 16.3. The van der Waals surface area contributed by atoms with Crippen molar-refractivity contribution >= 4 is 11.6 Å². The number of rotatable bonds is 5. The molecule has 2 aromatic rings. The smallest absolute Gasteiger partial charge is 0.317 e. The number of benzene rings is 1. The zero-order valence-corrected chi connectivity index (χ0v) is 13.6. The Labute approximate surface area is 141 Å². The van der Waals surface area contributed by atoms with Crippen LogP contribution in [-0.2, 0) is 6.54 Å². The molecule has 0 spiro atoms. The van der Waals surface area contributed by atoms with Crippen molar-refractivity contribution in [1.82, 2.24) is 19.8 Å². The van der Waals surface area contributed by atoms with Crippen LogP contribution in [0.3, 0.4) is 0 Å². The Morgan fingerprint density at radius 3 is 2.79 bits per heavy atom. The average molecular weight is 326 g/mol. The highest BCUT2D eigenvalue weighted by Gasteiger charge is 2.17. The molecule has 1 aromatic carbocycles. The number of hydrogen-bond donors (Lipinski definition) is 2. The lowest BCUT2D eigenvalue weighted by atomic mass is 9.99. The Kier molecular flexibility index (Phi) is 5.15. The summed E-state index contributed by atoms with van der Waals surface area (Å²) >= 11 is 0. The fraction of sp³-hybridized carbons (Fsp3) is 0.333. The van der Waals surface area contributed by atoms with E-state index in [1.54, 1.807) is 24.7 Å². The molecule has 126 valence electrons. The summed E-state index contributed by atoms with van der Waals surface area (Å²) in [6, 6.07) is 7.19. The maximum atomic E-state index is 12.2. The minimum atomic E-state index is -0.0124. The lowest BCUT2D eigenvalue weighted by Crippen LogP contribution is -2.42. The number of nitrogens with one attached hydrogen (secondary N) is 1. The molecule has 3 rings (SSSR count). The summed E-state index contributed by atoms with van der Waals surface area (Å²) in [5.41, 5.74) is 2.33. The van der Waals surface area contributed by atoms with Crippen molar-refractivity contribution in [3.8, 4) is 5.75 Å². The van der Waals surface area contributed by atoms with E-state index in [1.165, 1.54) is 5.57 Å². The topological polar surface area (TPSA) is 70.4 Å². The summed E-state index contributed by atoms with van der Waals surface area (Å²) in [6.07, 6.45) is 9.24. The number of phenolic OH excluding ortho intramolecular Hbond substituents is 1. The zero-order chi connectivity index (χ0) is 16.8. The largest absolute Gasteiger partial charge is 0.508 e. The normalized spacial score (nSPS) is 14.3. The molecule has 2 N–H and O–H groups in total. The van der Waals surface area contributed by atoms with Gasteiger partial charge in [-0.2, -0.15) is 0 Å². The first-order valence-electron chi connectivity index (χ1n) is 8.19. The standard InChI is InChI=1S/C18H22N4O2/c23-17-4-2-15(3-5-17)16-6-11-22(12-7-16)18(24)20-8-1-10-21-13-9-19-14-21/h2-6,9,13-14,23H,1,7-8,10-12H2,(H,20,24). The van der Waals surface area contributed by atoms with E-state index in [2.05, 4.69) is 16.4 Å². The number of urea groups is 1. The van der Waals surface area contributed by atoms with Crippen molar-refractivity contribution in [2.24, 2.45) is 0 Å². The van der Waals surface area contributed by atoms with Crippen LogP contribution >= 0.6 is 0 Å². The Balaban J connectivity index is 1.43. The van der Waals surface area contributed by atoms with Gasteiger partial charge in [-0.25, -0.2) is 9.78 Å². The number of aromatic hydroxyl groups is 1. The molecule has 1 aliphatic rings. The third-order valence-electron chi connectivity index (χ3n) is 4.16. The number of phenols is 1. The van der Waals surface area contributed by atoms with E-state index < -0.39 is 0 Å². The second kappa shape index (κ2) is 7.68. The van der Waals surface area contributed by atoms with Gasteiger partial charge in [0, 0.05) is 38.6 Å². The molecule has 6 nitrogen and oxygen atoms in total. The number of imidazole rings is 1. The number of amides is 2. The van der Waals surface area contributed by atoms with Crippen molar-refractivity contribution in [1.29, 1.82) is 0 Å². The zero-order valence-electron chi connectivity index (χ0n) is 13.6. The first-order chi connectivity index (χ1) is 11.7. The Morgan fingerprint density at radius 2 is 2.12 bits per heavy atom. The monoisotopic (exact) mass is 326 g/mol. The van der Waals surface area contributed by atoms with Crippen molar-refractivity contribution in [2.75, 3.05) is 19.6 Å². The Hall–Kier alpha value is -2.76. The van der Waals surface area contributed by atoms with Crippen molar-refractivity contribution in [3.63, 3.8) is 0 Å². The number of carbonyl (C=O) groups is 1. The summed E-state index contributed by atoms with van der Waals surface area (Å²) in [5, 5.41) is 12.3. The molecule has 24 heavy (non-hydrogen) atoms. The molecule has 0 unspecified atom stereocenters. The van der Waals surface area contributed by atoms with Crippen LogP contribution in [0.25, 0.3) is 5.57 Å². The molecular weight excluding hydrogens is 304 g/mol. The molecule has 0 bridgehead atoms. The van der Waals surface area contributed by atoms with E-state index in [4.69, 9.17) is 0 Å². The highest BCUT2D eigenvalue weighted by molar-refractivity contribution is 5.76. The van der Waals surface area contributed by atoms with Crippen LogP contribution in [0.1, 0.15) is 18.4 Å². The lowest BCUT2D eigenvalue weighted by Gasteiger charge is -2.27. The summed E-state index contributed by atoms with van der Waals surface area (Å²) < 4.78 is 2.00. The van der Waals surface area contributed by atoms with Crippen LogP contribution in [0.5, 0.6) is 5.75 Å². The fourth-order valence-corrected chi connectivity index (χ4v) is 2.78. The lowest BCUT2D eigenvalue weighted by molar-refractivity contribution is 0.203. The van der Waals surface area contributed by atoms with E-state index in [1.807, 2.05) is 27.8 Å². The summed E-state index contributed by atoms with van der Waals surface area (Å²) in [7, 11) is 0. The van der Waals surface area contributed by atoms with Gasteiger partial charge in [0.1, 0.15) is 5.75 Å². The predicted molar refractivity (Wildman–Crippen MR) is 92.5 cm³/mol. The van der Waals surface area contributed by atoms with Gasteiger partial charge < -0.3 is 19.9 Å². The van der Waals surface area contributed by atoms with Gasteiger partial charge in [0.2, 0.25) is 0 Å². The van der Waals surface area contributed by atoms with Gasteiger partial charge in [0.15, 0.2) is 0 Å². The number of hydrogen-bond acceptors (Lipinski definition) is 3. The SMILES string of the molecule is O=C(NCCCn1ccnc1)N1CC=C(c2ccc(O)cc2)CC1. The van der Waals surface area contributed by atoms with E-state index in [0.29, 0.717) is 19.6 Å². The molecule has 1 aliphatic heterocycles. The van der Waals surface area contributed by atoms with Crippen LogP contribution in [-0.4, -0.2) is 45.2 Å². The number of aryl methyl sites for hydroxylation is 1. The van der Waals surface area contributed by atoms with Gasteiger partial charge in [-0.15, -0.1) is 0 Å². The third kappa shape index (κ3) is 4.16. The summed E-state index contributed by atoms with van der Waals surface area (Å²) in [4.78, 5) is 18.0. The van der Waals surface area contributed by atoms with Gasteiger partial charge >= 0.3 is 6.03 Å².